The summed E-state index contributed by atoms with van der Waals surface area (Å²) in [4.78, 5) is 12.5. The van der Waals surface area contributed by atoms with E-state index in [9.17, 15) is 15.0 Å². The second-order valence-corrected chi connectivity index (χ2v) is 25.0. The predicted octanol–water partition coefficient (Wildman–Crippen LogP) is 24.6. The third-order valence-electron chi connectivity index (χ3n) is 17.2. The maximum absolute atomic E-state index is 12.5. The van der Waals surface area contributed by atoms with Crippen LogP contribution in [0.5, 0.6) is 0 Å². The Bertz CT molecular complexity index is 1140. The Morgan fingerprint density at radius 2 is 0.506 bits per heavy atom. The monoisotopic (exact) mass is 1080 g/mol. The van der Waals surface area contributed by atoms with E-state index in [0.717, 1.165) is 32.1 Å². The summed E-state index contributed by atoms with van der Waals surface area (Å²) >= 11 is 0. The number of amides is 1. The van der Waals surface area contributed by atoms with Gasteiger partial charge in [0.05, 0.1) is 18.8 Å². The van der Waals surface area contributed by atoms with Gasteiger partial charge in [-0.15, -0.1) is 0 Å². The first-order valence-electron chi connectivity index (χ1n) is 36.1. The Morgan fingerprint density at radius 1 is 0.299 bits per heavy atom. The van der Waals surface area contributed by atoms with E-state index in [-0.39, 0.29) is 12.5 Å². The highest BCUT2D eigenvalue weighted by Crippen LogP contribution is 2.20. The molecule has 2 unspecified atom stereocenters. The van der Waals surface area contributed by atoms with Crippen molar-refractivity contribution < 1.29 is 15.0 Å². The molecule has 0 bridgehead atoms. The van der Waals surface area contributed by atoms with E-state index >= 15 is 0 Å². The van der Waals surface area contributed by atoms with Crippen molar-refractivity contribution in [2.45, 2.75) is 431 Å². The summed E-state index contributed by atoms with van der Waals surface area (Å²) < 4.78 is 0. The van der Waals surface area contributed by atoms with Crippen molar-refractivity contribution in [3.05, 3.63) is 24.3 Å². The topological polar surface area (TPSA) is 69.6 Å². The van der Waals surface area contributed by atoms with Crippen LogP contribution in [0.25, 0.3) is 0 Å². The molecule has 77 heavy (non-hydrogen) atoms. The van der Waals surface area contributed by atoms with Crippen LogP contribution in [0, 0.1) is 0 Å². The average Bonchev–Trinajstić information content (AvgIpc) is 3.43. The van der Waals surface area contributed by atoms with Gasteiger partial charge in [-0.05, 0) is 32.1 Å². The number of aliphatic hydroxyl groups is 2. The lowest BCUT2D eigenvalue weighted by Crippen LogP contribution is -2.45. The predicted molar refractivity (Wildman–Crippen MR) is 346 cm³/mol. The fraction of sp³-hybridized carbons (Fsp3) is 0.932. The van der Waals surface area contributed by atoms with E-state index in [1.54, 1.807) is 6.08 Å². The summed E-state index contributed by atoms with van der Waals surface area (Å²) in [5.74, 6) is -0.0637. The molecule has 3 N–H and O–H groups in total. The molecular weight excluding hydrogens is 939 g/mol. The molecule has 0 heterocycles. The molecule has 0 aliphatic carbocycles. The van der Waals surface area contributed by atoms with Crippen molar-refractivity contribution in [3.63, 3.8) is 0 Å². The molecule has 4 heteroatoms. The first kappa shape index (κ1) is 75.9. The molecule has 0 spiro atoms. The van der Waals surface area contributed by atoms with E-state index < -0.39 is 12.1 Å². The molecule has 1 amide bonds. The fourth-order valence-electron chi connectivity index (χ4n) is 11.7. The summed E-state index contributed by atoms with van der Waals surface area (Å²) in [6.45, 7) is 4.36. The average molecular weight is 1080 g/mol. The van der Waals surface area contributed by atoms with Crippen molar-refractivity contribution in [2.75, 3.05) is 6.61 Å². The standard InChI is InChI=1S/C73H143NO3/c1-3-5-7-9-11-13-15-17-19-21-23-25-27-29-31-33-34-35-36-37-38-39-41-43-45-47-49-51-53-55-57-59-61-63-65-67-69-73(77)74-71(70-75)72(76)68-66-64-62-60-58-56-54-52-50-48-46-44-42-40-32-30-28-26-24-22-20-18-16-14-12-10-8-6-4-2/h58,60,66,68,71-72,75-76H,3-57,59,61-65,67,69-70H2,1-2H3,(H,74,77)/b60-58+,68-66+. The maximum Gasteiger partial charge on any atom is 0.220 e. The first-order valence-corrected chi connectivity index (χ1v) is 36.1. The SMILES string of the molecule is CCCCCCCCCCCCCCCCCCCCCCCCC/C=C/CC/C=C/C(O)C(CO)NC(=O)CCCCCCCCCCCCCCCCCCCCCCCCCCCCCCCCCCCCCC. The van der Waals surface area contributed by atoms with Gasteiger partial charge in [0, 0.05) is 6.42 Å². The zero-order valence-electron chi connectivity index (χ0n) is 53.0. The summed E-state index contributed by atoms with van der Waals surface area (Å²) in [6.07, 6.45) is 94.4. The van der Waals surface area contributed by atoms with Crippen molar-refractivity contribution in [1.82, 2.24) is 5.32 Å². The lowest BCUT2D eigenvalue weighted by Gasteiger charge is -2.19. The molecule has 0 rings (SSSR count). The second kappa shape index (κ2) is 69.1. The lowest BCUT2D eigenvalue weighted by atomic mass is 10.0. The van der Waals surface area contributed by atoms with Crippen molar-refractivity contribution in [3.8, 4) is 0 Å². The highest BCUT2D eigenvalue weighted by atomic mass is 16.3. The van der Waals surface area contributed by atoms with Gasteiger partial charge < -0.3 is 15.5 Å². The van der Waals surface area contributed by atoms with Crippen molar-refractivity contribution in [2.24, 2.45) is 0 Å². The summed E-state index contributed by atoms with van der Waals surface area (Å²) in [5, 5.41) is 23.3. The number of allylic oxidation sites excluding steroid dienone is 3. The largest absolute Gasteiger partial charge is 0.394 e. The van der Waals surface area contributed by atoms with E-state index in [0.29, 0.717) is 6.42 Å². The van der Waals surface area contributed by atoms with Gasteiger partial charge in [-0.25, -0.2) is 0 Å². The van der Waals surface area contributed by atoms with Crippen LogP contribution in [0.2, 0.25) is 0 Å². The van der Waals surface area contributed by atoms with Crippen molar-refractivity contribution in [1.29, 1.82) is 0 Å². The Hall–Kier alpha value is -1.13. The number of carbonyl (C=O) groups excluding carboxylic acids is 1. The molecule has 4 nitrogen and oxygen atoms in total. The van der Waals surface area contributed by atoms with Crippen molar-refractivity contribution >= 4 is 5.91 Å². The quantitative estimate of drug-likeness (QED) is 0.0420. The lowest BCUT2D eigenvalue weighted by molar-refractivity contribution is -0.123. The second-order valence-electron chi connectivity index (χ2n) is 25.0. The Morgan fingerprint density at radius 3 is 0.753 bits per heavy atom. The third kappa shape index (κ3) is 65.6. The number of nitrogens with one attached hydrogen (secondary N) is 1. The molecule has 2 atom stereocenters. The van der Waals surface area contributed by atoms with Crippen LogP contribution in [0.1, 0.15) is 418 Å². The number of rotatable bonds is 68. The first-order chi connectivity index (χ1) is 38.2. The van der Waals surface area contributed by atoms with Crippen LogP contribution in [-0.2, 0) is 4.79 Å². The maximum atomic E-state index is 12.5. The van der Waals surface area contributed by atoms with E-state index in [1.807, 2.05) is 6.08 Å². The van der Waals surface area contributed by atoms with Gasteiger partial charge in [0.2, 0.25) is 5.91 Å². The normalized spacial score (nSPS) is 12.7. The molecular formula is C73H143NO3. The van der Waals surface area contributed by atoms with Crippen LogP contribution in [0.4, 0.5) is 0 Å². The Balaban J connectivity index is 3.41. The molecule has 0 aromatic rings. The molecule has 458 valence electrons. The molecule has 0 radical (unpaired) electrons. The van der Waals surface area contributed by atoms with Gasteiger partial charge in [0.1, 0.15) is 0 Å². The minimum atomic E-state index is -0.861. The minimum Gasteiger partial charge on any atom is -0.394 e. The molecule has 0 aliphatic rings. The number of aliphatic hydroxyl groups excluding tert-OH is 2. The fourth-order valence-corrected chi connectivity index (χ4v) is 11.7. The zero-order valence-corrected chi connectivity index (χ0v) is 53.0. The van der Waals surface area contributed by atoms with E-state index in [4.69, 9.17) is 0 Å². The minimum absolute atomic E-state index is 0.0637. The van der Waals surface area contributed by atoms with E-state index in [2.05, 4.69) is 31.3 Å². The molecule has 0 saturated carbocycles. The summed E-state index contributed by atoms with van der Waals surface area (Å²) in [6, 6.07) is -0.638. The number of carbonyl (C=O) groups is 1. The van der Waals surface area contributed by atoms with Crippen LogP contribution in [-0.4, -0.2) is 34.9 Å². The van der Waals surface area contributed by atoms with Crippen LogP contribution in [0.15, 0.2) is 24.3 Å². The van der Waals surface area contributed by atoms with E-state index in [1.165, 1.54) is 366 Å². The van der Waals surface area contributed by atoms with Gasteiger partial charge in [-0.2, -0.15) is 0 Å². The smallest absolute Gasteiger partial charge is 0.220 e. The summed E-state index contributed by atoms with van der Waals surface area (Å²) in [5.41, 5.74) is 0. The number of unbranched alkanes of at least 4 members (excludes halogenated alkanes) is 59. The van der Waals surface area contributed by atoms with Gasteiger partial charge in [-0.3, -0.25) is 4.79 Å². The van der Waals surface area contributed by atoms with Gasteiger partial charge in [0.25, 0.3) is 0 Å². The van der Waals surface area contributed by atoms with Crippen LogP contribution >= 0.6 is 0 Å². The highest BCUT2D eigenvalue weighted by molar-refractivity contribution is 5.76. The van der Waals surface area contributed by atoms with Gasteiger partial charge in [-0.1, -0.05) is 404 Å². The number of hydrogen-bond donors (Lipinski definition) is 3. The summed E-state index contributed by atoms with van der Waals surface area (Å²) in [7, 11) is 0. The van der Waals surface area contributed by atoms with Crippen LogP contribution < -0.4 is 5.32 Å². The third-order valence-corrected chi connectivity index (χ3v) is 17.2. The molecule has 0 aromatic carbocycles. The molecule has 0 aromatic heterocycles. The zero-order chi connectivity index (χ0) is 55.5. The van der Waals surface area contributed by atoms with Crippen LogP contribution in [0.3, 0.4) is 0 Å². The molecule has 0 aliphatic heterocycles. The molecule has 0 fully saturated rings. The highest BCUT2D eigenvalue weighted by Gasteiger charge is 2.18. The number of hydrogen-bond acceptors (Lipinski definition) is 3. The Kier molecular flexibility index (Phi) is 68.1. The molecule has 0 saturated heterocycles. The van der Waals surface area contributed by atoms with Gasteiger partial charge >= 0.3 is 0 Å². The Labute approximate surface area is 485 Å². The van der Waals surface area contributed by atoms with Gasteiger partial charge in [0.15, 0.2) is 0 Å².